The average Bonchev–Trinajstić information content (AvgIpc) is 2.04. The molecule has 0 radical (unpaired) electrons. The maximum atomic E-state index is 10.9. The Kier molecular flexibility index (Phi) is 2.58. The highest BCUT2D eigenvalue weighted by Gasteiger charge is 1.99. The van der Waals surface area contributed by atoms with E-state index in [9.17, 15) is 4.79 Å². The molecule has 1 aromatic carbocycles. The Morgan fingerprint density at radius 2 is 1.92 bits per heavy atom. The second-order valence-corrected chi connectivity index (χ2v) is 2.52. The summed E-state index contributed by atoms with van der Waals surface area (Å²) in [7, 11) is 0. The Balaban J connectivity index is 0.000000845. The first-order valence-electron chi connectivity index (χ1n) is 3.56. The fourth-order valence-corrected chi connectivity index (χ4v) is 1.14. The summed E-state index contributed by atoms with van der Waals surface area (Å²) in [6.45, 7) is 0. The summed E-state index contributed by atoms with van der Waals surface area (Å²) in [5, 5.41) is 0.775. The van der Waals surface area contributed by atoms with Gasteiger partial charge in [-0.3, -0.25) is 0 Å². The summed E-state index contributed by atoms with van der Waals surface area (Å²) in [5.74, 6) is 0. The van der Waals surface area contributed by atoms with Gasteiger partial charge in [0.2, 0.25) is 0 Å². The highest BCUT2D eigenvalue weighted by Crippen LogP contribution is 2.17. The van der Waals surface area contributed by atoms with Crippen molar-refractivity contribution in [3.63, 3.8) is 0 Å². The average molecular weight is 198 g/mol. The molecule has 0 aliphatic heterocycles. The van der Waals surface area contributed by atoms with Gasteiger partial charge in [0.25, 0.3) is 0 Å². The summed E-state index contributed by atoms with van der Waals surface area (Å²) in [6, 6.07) is 8.45. The molecule has 2 N–H and O–H groups in total. The molecule has 0 aliphatic carbocycles. The van der Waals surface area contributed by atoms with Crippen molar-refractivity contribution in [1.82, 2.24) is 0 Å². The predicted molar refractivity (Wildman–Crippen MR) is 54.1 cm³/mol. The van der Waals surface area contributed by atoms with Crippen LogP contribution >= 0.6 is 12.4 Å². The second-order valence-electron chi connectivity index (χ2n) is 2.52. The quantitative estimate of drug-likeness (QED) is 0.656. The molecule has 4 heteroatoms. The van der Waals surface area contributed by atoms with E-state index in [1.807, 2.05) is 12.1 Å². The number of hydrogen-bond acceptors (Lipinski definition) is 3. The highest BCUT2D eigenvalue weighted by molar-refractivity contribution is 5.87. The summed E-state index contributed by atoms with van der Waals surface area (Å²) in [4.78, 5) is 10.9. The Bertz CT molecular complexity index is 478. The Hall–Kier alpha value is -1.48. The van der Waals surface area contributed by atoms with Crippen molar-refractivity contribution in [2.24, 2.45) is 0 Å². The third kappa shape index (κ3) is 1.65. The highest BCUT2D eigenvalue weighted by atomic mass is 35.5. The first-order chi connectivity index (χ1) is 5.77. The molecule has 0 saturated heterocycles. The lowest BCUT2D eigenvalue weighted by Gasteiger charge is -1.97. The van der Waals surface area contributed by atoms with Crippen molar-refractivity contribution in [1.29, 1.82) is 0 Å². The van der Waals surface area contributed by atoms with Crippen LogP contribution in [0.1, 0.15) is 0 Å². The van der Waals surface area contributed by atoms with Gasteiger partial charge in [0.1, 0.15) is 5.58 Å². The number of rotatable bonds is 0. The normalized spacial score (nSPS) is 9.54. The van der Waals surface area contributed by atoms with Crippen molar-refractivity contribution in [2.45, 2.75) is 0 Å². The van der Waals surface area contributed by atoms with E-state index in [2.05, 4.69) is 0 Å². The third-order valence-electron chi connectivity index (χ3n) is 1.68. The number of anilines is 1. The minimum Gasteiger partial charge on any atom is -0.423 e. The molecule has 0 fully saturated rings. The van der Waals surface area contributed by atoms with E-state index in [1.165, 1.54) is 6.07 Å². The lowest BCUT2D eigenvalue weighted by atomic mass is 10.2. The van der Waals surface area contributed by atoms with E-state index >= 15 is 0 Å². The lowest BCUT2D eigenvalue weighted by molar-refractivity contribution is 0.562. The number of para-hydroxylation sites is 1. The Morgan fingerprint density at radius 1 is 1.23 bits per heavy atom. The molecular weight excluding hydrogens is 190 g/mol. The molecule has 1 heterocycles. The predicted octanol–water partition coefficient (Wildman–Crippen LogP) is 1.80. The molecule has 1 aromatic heterocycles. The smallest absolute Gasteiger partial charge is 0.338 e. The van der Waals surface area contributed by atoms with Gasteiger partial charge in [-0.25, -0.2) is 4.79 Å². The summed E-state index contributed by atoms with van der Waals surface area (Å²) in [6.07, 6.45) is 0. The molecule has 0 bridgehead atoms. The maximum absolute atomic E-state index is 10.9. The number of benzene rings is 1. The van der Waals surface area contributed by atoms with Crippen LogP contribution in [0.2, 0.25) is 0 Å². The van der Waals surface area contributed by atoms with Crippen LogP contribution in [0.4, 0.5) is 5.69 Å². The minimum atomic E-state index is -0.411. The van der Waals surface area contributed by atoms with Crippen LogP contribution in [0.5, 0.6) is 0 Å². The molecule has 0 saturated carbocycles. The third-order valence-corrected chi connectivity index (χ3v) is 1.68. The molecule has 68 valence electrons. The van der Waals surface area contributed by atoms with E-state index in [0.29, 0.717) is 11.3 Å². The van der Waals surface area contributed by atoms with E-state index < -0.39 is 5.63 Å². The Morgan fingerprint density at radius 3 is 2.69 bits per heavy atom. The lowest BCUT2D eigenvalue weighted by Crippen LogP contribution is -1.99. The van der Waals surface area contributed by atoms with Gasteiger partial charge in [-0.1, -0.05) is 12.1 Å². The standard InChI is InChI=1S/C9H7NO2.ClH/c10-7-5-9(11)12-8-4-2-1-3-6(7)8;/h1-5H,10H2;1H. The van der Waals surface area contributed by atoms with E-state index in [4.69, 9.17) is 10.2 Å². The Labute approximate surface area is 80.6 Å². The number of nitrogen functional groups attached to an aromatic ring is 1. The van der Waals surface area contributed by atoms with Gasteiger partial charge in [-0.2, -0.15) is 0 Å². The monoisotopic (exact) mass is 197 g/mol. The SMILES string of the molecule is Cl.Nc1cc(=O)oc2ccccc12. The van der Waals surface area contributed by atoms with Crippen LogP contribution in [0.15, 0.2) is 39.5 Å². The van der Waals surface area contributed by atoms with Gasteiger partial charge in [-0.15, -0.1) is 12.4 Å². The molecule has 3 nitrogen and oxygen atoms in total. The van der Waals surface area contributed by atoms with Gasteiger partial charge >= 0.3 is 5.63 Å². The zero-order valence-corrected chi connectivity index (χ0v) is 7.51. The molecule has 2 aromatic rings. The molecule has 0 amide bonds. The molecule has 0 spiro atoms. The zero-order valence-electron chi connectivity index (χ0n) is 6.69. The zero-order chi connectivity index (χ0) is 8.55. The number of nitrogens with two attached hydrogens (primary N) is 1. The van der Waals surface area contributed by atoms with Gasteiger partial charge in [0, 0.05) is 17.1 Å². The molecule has 0 aliphatic rings. The molecule has 13 heavy (non-hydrogen) atoms. The van der Waals surface area contributed by atoms with Crippen LogP contribution in [-0.2, 0) is 0 Å². The van der Waals surface area contributed by atoms with Gasteiger partial charge in [0.15, 0.2) is 0 Å². The van der Waals surface area contributed by atoms with Crippen molar-refractivity contribution >= 4 is 29.1 Å². The maximum Gasteiger partial charge on any atom is 0.338 e. The van der Waals surface area contributed by atoms with Crippen LogP contribution in [-0.4, -0.2) is 0 Å². The van der Waals surface area contributed by atoms with Gasteiger partial charge < -0.3 is 10.2 Å². The number of fused-ring (bicyclic) bond motifs is 1. The van der Waals surface area contributed by atoms with Crippen molar-refractivity contribution in [3.05, 3.63) is 40.8 Å². The van der Waals surface area contributed by atoms with E-state index in [-0.39, 0.29) is 12.4 Å². The largest absolute Gasteiger partial charge is 0.423 e. The van der Waals surface area contributed by atoms with Crippen LogP contribution in [0.25, 0.3) is 11.0 Å². The number of halogens is 1. The first-order valence-corrected chi connectivity index (χ1v) is 3.56. The van der Waals surface area contributed by atoms with Gasteiger partial charge in [0.05, 0.1) is 0 Å². The van der Waals surface area contributed by atoms with Crippen molar-refractivity contribution in [3.8, 4) is 0 Å². The van der Waals surface area contributed by atoms with E-state index in [1.54, 1.807) is 12.1 Å². The first kappa shape index (κ1) is 9.61. The fraction of sp³-hybridized carbons (Fsp3) is 0. The molecule has 0 unspecified atom stereocenters. The van der Waals surface area contributed by atoms with Crippen molar-refractivity contribution in [2.75, 3.05) is 5.73 Å². The van der Waals surface area contributed by atoms with Crippen LogP contribution in [0.3, 0.4) is 0 Å². The van der Waals surface area contributed by atoms with Crippen LogP contribution in [0, 0.1) is 0 Å². The van der Waals surface area contributed by atoms with Crippen molar-refractivity contribution < 1.29 is 4.42 Å². The second kappa shape index (κ2) is 3.49. The molecule has 0 atom stereocenters. The molecular formula is C9H8ClNO2. The minimum absolute atomic E-state index is 0. The van der Waals surface area contributed by atoms with Gasteiger partial charge in [-0.05, 0) is 12.1 Å². The summed E-state index contributed by atoms with van der Waals surface area (Å²) >= 11 is 0. The fourth-order valence-electron chi connectivity index (χ4n) is 1.14. The van der Waals surface area contributed by atoms with E-state index in [0.717, 1.165) is 5.39 Å². The summed E-state index contributed by atoms with van der Waals surface area (Å²) in [5.41, 5.74) is 6.18. The topological polar surface area (TPSA) is 56.2 Å². The molecule has 2 rings (SSSR count). The van der Waals surface area contributed by atoms with Crippen LogP contribution < -0.4 is 11.4 Å². The summed E-state index contributed by atoms with van der Waals surface area (Å²) < 4.78 is 4.91. The number of hydrogen-bond donors (Lipinski definition) is 1.